The average Bonchev–Trinajstić information content (AvgIpc) is 2.94. The van der Waals surface area contributed by atoms with Gasteiger partial charge in [-0.05, 0) is 31.6 Å². The van der Waals surface area contributed by atoms with Crippen molar-refractivity contribution in [3.05, 3.63) is 32.1 Å². The van der Waals surface area contributed by atoms with E-state index in [-0.39, 0.29) is 16.8 Å². The largest absolute Gasteiger partial charge is 0.331 e. The lowest BCUT2D eigenvalue weighted by molar-refractivity contribution is 0.308. The second-order valence-corrected chi connectivity index (χ2v) is 5.89. The van der Waals surface area contributed by atoms with Gasteiger partial charge in [0.15, 0.2) is 0 Å². The number of nitriles is 1. The van der Waals surface area contributed by atoms with E-state index in [2.05, 4.69) is 0 Å². The van der Waals surface area contributed by atoms with Gasteiger partial charge in [-0.3, -0.25) is 13.9 Å². The molecule has 0 spiro atoms. The Hall–Kier alpha value is -1.83. The average molecular weight is 273 g/mol. The summed E-state index contributed by atoms with van der Waals surface area (Å²) in [6.45, 7) is 1.11. The lowest BCUT2D eigenvalue weighted by Crippen LogP contribution is -2.43. The third-order valence-electron chi connectivity index (χ3n) is 4.61. The monoisotopic (exact) mass is 273 g/mol. The summed E-state index contributed by atoms with van der Waals surface area (Å²) in [5.41, 5.74) is 0.226. The van der Waals surface area contributed by atoms with Gasteiger partial charge >= 0.3 is 5.69 Å². The van der Waals surface area contributed by atoms with Crippen molar-refractivity contribution in [1.29, 1.82) is 5.26 Å². The molecule has 2 heterocycles. The second-order valence-electron chi connectivity index (χ2n) is 5.89. The maximum Gasteiger partial charge on any atom is 0.331 e. The fourth-order valence-corrected chi connectivity index (χ4v) is 3.54. The molecule has 1 aliphatic carbocycles. The zero-order valence-electron chi connectivity index (χ0n) is 11.6. The van der Waals surface area contributed by atoms with E-state index in [1.54, 1.807) is 4.57 Å². The van der Waals surface area contributed by atoms with Crippen LogP contribution in [0.3, 0.4) is 0 Å². The van der Waals surface area contributed by atoms with Crippen LogP contribution in [0.1, 0.15) is 49.8 Å². The van der Waals surface area contributed by atoms with Crippen LogP contribution in [0.15, 0.2) is 9.59 Å². The van der Waals surface area contributed by atoms with Gasteiger partial charge in [0.05, 0.1) is 0 Å². The molecule has 1 aliphatic heterocycles. The van der Waals surface area contributed by atoms with Crippen molar-refractivity contribution in [3.8, 4) is 6.07 Å². The number of fused-ring (bicyclic) bond motifs is 1. The fourth-order valence-electron chi connectivity index (χ4n) is 3.54. The molecule has 5 heteroatoms. The first-order valence-electron chi connectivity index (χ1n) is 7.49. The summed E-state index contributed by atoms with van der Waals surface area (Å²) in [5, 5.41) is 9.23. The highest BCUT2D eigenvalue weighted by Gasteiger charge is 2.24. The number of hydrogen-bond acceptors (Lipinski definition) is 3. The van der Waals surface area contributed by atoms with Crippen molar-refractivity contribution < 1.29 is 0 Å². The zero-order chi connectivity index (χ0) is 14.1. The van der Waals surface area contributed by atoms with Crippen LogP contribution < -0.4 is 11.2 Å². The molecule has 106 valence electrons. The van der Waals surface area contributed by atoms with Crippen LogP contribution in [0.25, 0.3) is 0 Å². The van der Waals surface area contributed by atoms with E-state index < -0.39 is 0 Å². The molecule has 0 saturated heterocycles. The van der Waals surface area contributed by atoms with E-state index >= 15 is 0 Å². The third kappa shape index (κ3) is 2.09. The molecule has 1 aromatic rings. The van der Waals surface area contributed by atoms with Crippen LogP contribution >= 0.6 is 0 Å². The van der Waals surface area contributed by atoms with Gasteiger partial charge < -0.3 is 0 Å². The third-order valence-corrected chi connectivity index (χ3v) is 4.61. The quantitative estimate of drug-likeness (QED) is 0.818. The maximum absolute atomic E-state index is 12.4. The molecule has 0 unspecified atom stereocenters. The van der Waals surface area contributed by atoms with Crippen molar-refractivity contribution >= 4 is 0 Å². The fraction of sp³-hybridized carbons (Fsp3) is 0.667. The van der Waals surface area contributed by atoms with Crippen molar-refractivity contribution in [2.45, 2.75) is 58.0 Å². The van der Waals surface area contributed by atoms with Gasteiger partial charge in [0, 0.05) is 18.8 Å². The first kappa shape index (κ1) is 13.2. The van der Waals surface area contributed by atoms with Crippen LogP contribution in [-0.2, 0) is 19.5 Å². The molecular weight excluding hydrogens is 254 g/mol. The summed E-state index contributed by atoms with van der Waals surface area (Å²) in [4.78, 5) is 24.8. The Balaban J connectivity index is 2.05. The number of rotatable bonds is 2. The van der Waals surface area contributed by atoms with Gasteiger partial charge in [0.1, 0.15) is 11.6 Å². The standard InChI is InChI=1S/C15H19N3O2/c16-9-12-13-7-4-8-17(13)15(20)18(14(12)19)10-11-5-2-1-3-6-11/h11H,1-8,10H2. The normalized spacial score (nSPS) is 18.8. The highest BCUT2D eigenvalue weighted by molar-refractivity contribution is 5.32. The number of aromatic nitrogens is 2. The van der Waals surface area contributed by atoms with Crippen LogP contribution in [0, 0.1) is 17.2 Å². The van der Waals surface area contributed by atoms with E-state index in [0.29, 0.717) is 31.1 Å². The summed E-state index contributed by atoms with van der Waals surface area (Å²) < 4.78 is 2.94. The molecule has 0 N–H and O–H groups in total. The minimum atomic E-state index is -0.378. The van der Waals surface area contributed by atoms with Gasteiger partial charge in [-0.15, -0.1) is 0 Å². The maximum atomic E-state index is 12.4. The Bertz CT molecular complexity index is 672. The van der Waals surface area contributed by atoms with Crippen molar-refractivity contribution in [2.24, 2.45) is 5.92 Å². The van der Waals surface area contributed by atoms with Crippen molar-refractivity contribution in [2.75, 3.05) is 0 Å². The van der Waals surface area contributed by atoms with E-state index in [0.717, 1.165) is 19.3 Å². The first-order valence-corrected chi connectivity index (χ1v) is 7.49. The predicted octanol–water partition coefficient (Wildman–Crippen LogP) is 1.41. The molecule has 1 aromatic heterocycles. The molecule has 0 radical (unpaired) electrons. The number of hydrogen-bond donors (Lipinski definition) is 0. The highest BCUT2D eigenvalue weighted by Crippen LogP contribution is 2.24. The Morgan fingerprint density at radius 1 is 1.15 bits per heavy atom. The molecule has 1 fully saturated rings. The van der Waals surface area contributed by atoms with Crippen LogP contribution in [0.5, 0.6) is 0 Å². The van der Waals surface area contributed by atoms with Gasteiger partial charge in [-0.1, -0.05) is 19.3 Å². The minimum Gasteiger partial charge on any atom is -0.296 e. The highest BCUT2D eigenvalue weighted by atomic mass is 16.2. The van der Waals surface area contributed by atoms with Gasteiger partial charge in [0.2, 0.25) is 0 Å². The van der Waals surface area contributed by atoms with Gasteiger partial charge in [-0.25, -0.2) is 4.79 Å². The Kier molecular flexibility index (Phi) is 3.47. The number of nitrogens with zero attached hydrogens (tertiary/aromatic N) is 3. The van der Waals surface area contributed by atoms with Gasteiger partial charge in [0.25, 0.3) is 5.56 Å². The predicted molar refractivity (Wildman–Crippen MR) is 74.6 cm³/mol. The molecule has 2 aliphatic rings. The van der Waals surface area contributed by atoms with Crippen LogP contribution in [-0.4, -0.2) is 9.13 Å². The van der Waals surface area contributed by atoms with Crippen molar-refractivity contribution in [1.82, 2.24) is 9.13 Å². The molecule has 1 saturated carbocycles. The SMILES string of the molecule is N#Cc1c2n(c(=O)n(CC3CCCCC3)c1=O)CCC2. The Labute approximate surface area is 117 Å². The van der Waals surface area contributed by atoms with E-state index in [4.69, 9.17) is 0 Å². The Morgan fingerprint density at radius 3 is 2.60 bits per heavy atom. The van der Waals surface area contributed by atoms with Crippen LogP contribution in [0.2, 0.25) is 0 Å². The lowest BCUT2D eigenvalue weighted by atomic mass is 9.89. The van der Waals surface area contributed by atoms with E-state index in [1.807, 2.05) is 6.07 Å². The van der Waals surface area contributed by atoms with E-state index in [9.17, 15) is 14.9 Å². The molecule has 0 amide bonds. The van der Waals surface area contributed by atoms with E-state index in [1.165, 1.54) is 23.8 Å². The lowest BCUT2D eigenvalue weighted by Gasteiger charge is -2.22. The van der Waals surface area contributed by atoms with Crippen LogP contribution in [0.4, 0.5) is 0 Å². The summed E-state index contributed by atoms with van der Waals surface area (Å²) in [6.07, 6.45) is 7.27. The smallest absolute Gasteiger partial charge is 0.296 e. The molecule has 5 nitrogen and oxygen atoms in total. The molecule has 20 heavy (non-hydrogen) atoms. The van der Waals surface area contributed by atoms with Crippen molar-refractivity contribution in [3.63, 3.8) is 0 Å². The molecular formula is C15H19N3O2. The zero-order valence-corrected chi connectivity index (χ0v) is 11.6. The first-order chi connectivity index (χ1) is 9.72. The molecule has 0 atom stereocenters. The van der Waals surface area contributed by atoms with Gasteiger partial charge in [-0.2, -0.15) is 5.26 Å². The summed E-state index contributed by atoms with van der Waals surface area (Å²) in [7, 11) is 0. The Morgan fingerprint density at radius 2 is 1.90 bits per heavy atom. The molecule has 3 rings (SSSR count). The molecule has 0 bridgehead atoms. The summed E-state index contributed by atoms with van der Waals surface area (Å²) in [5.74, 6) is 0.403. The summed E-state index contributed by atoms with van der Waals surface area (Å²) in [6, 6.07) is 2.01. The summed E-state index contributed by atoms with van der Waals surface area (Å²) >= 11 is 0. The minimum absolute atomic E-state index is 0.179. The molecule has 0 aromatic carbocycles. The second kappa shape index (κ2) is 5.28. The topological polar surface area (TPSA) is 67.8 Å².